The van der Waals surface area contributed by atoms with Gasteiger partial charge in [-0.2, -0.15) is 9.97 Å². The van der Waals surface area contributed by atoms with E-state index in [1.54, 1.807) is 0 Å². The average molecular weight is 164 g/mol. The SMILES string of the molecule is Cc1nc(C)nc(N2CC2C)n1. The Morgan fingerprint density at radius 3 is 2.08 bits per heavy atom. The number of aromatic nitrogens is 3. The van der Waals surface area contributed by atoms with Gasteiger partial charge in [0.1, 0.15) is 11.6 Å². The van der Waals surface area contributed by atoms with Crippen LogP contribution in [0.1, 0.15) is 18.6 Å². The summed E-state index contributed by atoms with van der Waals surface area (Å²) in [5.41, 5.74) is 0. The zero-order valence-electron chi connectivity index (χ0n) is 7.57. The number of hydrogen-bond donors (Lipinski definition) is 0. The number of hydrogen-bond acceptors (Lipinski definition) is 4. The van der Waals surface area contributed by atoms with Crippen LogP contribution in [0.2, 0.25) is 0 Å². The van der Waals surface area contributed by atoms with Crippen LogP contribution in [0, 0.1) is 13.8 Å². The molecule has 0 radical (unpaired) electrons. The summed E-state index contributed by atoms with van der Waals surface area (Å²) in [7, 11) is 0. The van der Waals surface area contributed by atoms with E-state index in [2.05, 4.69) is 26.8 Å². The van der Waals surface area contributed by atoms with Crippen molar-refractivity contribution in [3.8, 4) is 0 Å². The maximum Gasteiger partial charge on any atom is 0.229 e. The fraction of sp³-hybridized carbons (Fsp3) is 0.625. The van der Waals surface area contributed by atoms with Gasteiger partial charge in [0, 0.05) is 12.6 Å². The quantitative estimate of drug-likeness (QED) is 0.573. The van der Waals surface area contributed by atoms with Crippen LogP contribution in [0.15, 0.2) is 0 Å². The summed E-state index contributed by atoms with van der Waals surface area (Å²) in [6.45, 7) is 7.02. The summed E-state index contributed by atoms with van der Waals surface area (Å²) in [5.74, 6) is 2.43. The molecule has 2 heterocycles. The van der Waals surface area contributed by atoms with Crippen molar-refractivity contribution >= 4 is 5.95 Å². The monoisotopic (exact) mass is 164 g/mol. The van der Waals surface area contributed by atoms with Crippen molar-refractivity contribution < 1.29 is 0 Å². The minimum atomic E-state index is 0.603. The molecule has 1 saturated heterocycles. The lowest BCUT2D eigenvalue weighted by Crippen LogP contribution is -2.05. The van der Waals surface area contributed by atoms with E-state index in [1.807, 2.05) is 13.8 Å². The van der Waals surface area contributed by atoms with Gasteiger partial charge in [0.05, 0.1) is 0 Å². The van der Waals surface area contributed by atoms with Gasteiger partial charge in [-0.1, -0.05) is 0 Å². The first-order valence-corrected chi connectivity index (χ1v) is 4.13. The molecular weight excluding hydrogens is 152 g/mol. The van der Waals surface area contributed by atoms with Gasteiger partial charge in [-0.25, -0.2) is 4.98 Å². The summed E-state index contributed by atoms with van der Waals surface area (Å²) in [4.78, 5) is 14.8. The molecule has 0 aromatic carbocycles. The van der Waals surface area contributed by atoms with Gasteiger partial charge in [-0.3, -0.25) is 0 Å². The zero-order chi connectivity index (χ0) is 8.72. The molecule has 0 spiro atoms. The van der Waals surface area contributed by atoms with Gasteiger partial charge < -0.3 is 4.90 Å². The predicted octanol–water partition coefficient (Wildman–Crippen LogP) is 0.697. The summed E-state index contributed by atoms with van der Waals surface area (Å²) in [5, 5.41) is 0. The highest BCUT2D eigenvalue weighted by atomic mass is 15.4. The summed E-state index contributed by atoms with van der Waals surface area (Å²) in [6, 6.07) is 0.603. The molecule has 1 atom stereocenters. The number of nitrogens with zero attached hydrogens (tertiary/aromatic N) is 4. The maximum absolute atomic E-state index is 4.25. The summed E-state index contributed by atoms with van der Waals surface area (Å²) in [6.07, 6.45) is 0. The molecule has 1 aliphatic rings. The summed E-state index contributed by atoms with van der Waals surface area (Å²) < 4.78 is 0. The van der Waals surface area contributed by atoms with Crippen molar-refractivity contribution in [3.63, 3.8) is 0 Å². The molecule has 0 amide bonds. The fourth-order valence-corrected chi connectivity index (χ4v) is 1.24. The predicted molar refractivity (Wildman–Crippen MR) is 46.1 cm³/mol. The second-order valence-corrected chi connectivity index (χ2v) is 3.23. The largest absolute Gasteiger partial charge is 0.334 e. The smallest absolute Gasteiger partial charge is 0.229 e. The minimum absolute atomic E-state index is 0.603. The van der Waals surface area contributed by atoms with Crippen LogP contribution in [0.5, 0.6) is 0 Å². The molecule has 0 N–H and O–H groups in total. The Bertz CT molecular complexity index is 290. The molecule has 1 fully saturated rings. The first kappa shape index (κ1) is 7.46. The van der Waals surface area contributed by atoms with Gasteiger partial charge in [-0.15, -0.1) is 0 Å². The third-order valence-electron chi connectivity index (χ3n) is 1.96. The molecule has 1 unspecified atom stereocenters. The Kier molecular flexibility index (Phi) is 1.49. The molecule has 0 saturated carbocycles. The van der Waals surface area contributed by atoms with Crippen molar-refractivity contribution in [3.05, 3.63) is 11.6 Å². The average Bonchev–Trinajstić information content (AvgIpc) is 2.64. The molecular formula is C8H12N4. The van der Waals surface area contributed by atoms with Crippen LogP contribution in [0.25, 0.3) is 0 Å². The van der Waals surface area contributed by atoms with E-state index < -0.39 is 0 Å². The molecule has 4 heteroatoms. The topological polar surface area (TPSA) is 41.7 Å². The maximum atomic E-state index is 4.25. The Hall–Kier alpha value is -1.19. The molecule has 0 bridgehead atoms. The number of aryl methyl sites for hydroxylation is 2. The Morgan fingerprint density at radius 2 is 1.67 bits per heavy atom. The van der Waals surface area contributed by atoms with Gasteiger partial charge in [0.15, 0.2) is 0 Å². The van der Waals surface area contributed by atoms with Crippen LogP contribution in [0.4, 0.5) is 5.95 Å². The van der Waals surface area contributed by atoms with Crippen LogP contribution in [-0.2, 0) is 0 Å². The standard InChI is InChI=1S/C8H12N4/c1-5-4-12(5)8-10-6(2)9-7(3)11-8/h5H,4H2,1-3H3. The van der Waals surface area contributed by atoms with Crippen molar-refractivity contribution in [2.24, 2.45) is 0 Å². The Labute approximate surface area is 71.7 Å². The molecule has 4 nitrogen and oxygen atoms in total. The minimum Gasteiger partial charge on any atom is -0.334 e. The second kappa shape index (κ2) is 2.40. The Morgan fingerprint density at radius 1 is 1.17 bits per heavy atom. The number of rotatable bonds is 1. The first-order valence-electron chi connectivity index (χ1n) is 4.13. The van der Waals surface area contributed by atoms with Crippen LogP contribution in [-0.4, -0.2) is 27.5 Å². The molecule has 1 aliphatic heterocycles. The van der Waals surface area contributed by atoms with Crippen molar-refractivity contribution in [2.45, 2.75) is 26.8 Å². The molecule has 0 aliphatic carbocycles. The van der Waals surface area contributed by atoms with Gasteiger partial charge in [0.2, 0.25) is 5.95 Å². The molecule has 1 aromatic heterocycles. The van der Waals surface area contributed by atoms with Gasteiger partial charge in [0.25, 0.3) is 0 Å². The Balaban J connectivity index is 2.32. The van der Waals surface area contributed by atoms with Crippen LogP contribution < -0.4 is 4.90 Å². The lowest BCUT2D eigenvalue weighted by atomic mass is 10.6. The third kappa shape index (κ3) is 1.24. The van der Waals surface area contributed by atoms with E-state index in [4.69, 9.17) is 0 Å². The van der Waals surface area contributed by atoms with Crippen molar-refractivity contribution in [2.75, 3.05) is 11.4 Å². The van der Waals surface area contributed by atoms with E-state index in [-0.39, 0.29) is 0 Å². The van der Waals surface area contributed by atoms with E-state index >= 15 is 0 Å². The summed E-state index contributed by atoms with van der Waals surface area (Å²) >= 11 is 0. The van der Waals surface area contributed by atoms with Gasteiger partial charge in [-0.05, 0) is 20.8 Å². The lowest BCUT2D eigenvalue weighted by Gasteiger charge is -2.02. The molecule has 64 valence electrons. The van der Waals surface area contributed by atoms with E-state index in [1.165, 1.54) is 0 Å². The van der Waals surface area contributed by atoms with E-state index in [0.717, 1.165) is 24.1 Å². The van der Waals surface area contributed by atoms with Crippen molar-refractivity contribution in [1.82, 2.24) is 15.0 Å². The van der Waals surface area contributed by atoms with E-state index in [9.17, 15) is 0 Å². The van der Waals surface area contributed by atoms with E-state index in [0.29, 0.717) is 6.04 Å². The normalized spacial score (nSPS) is 21.2. The molecule has 1 aromatic rings. The third-order valence-corrected chi connectivity index (χ3v) is 1.96. The lowest BCUT2D eigenvalue weighted by molar-refractivity contribution is 0.901. The number of anilines is 1. The molecule has 12 heavy (non-hydrogen) atoms. The highest BCUT2D eigenvalue weighted by molar-refractivity contribution is 5.40. The zero-order valence-corrected chi connectivity index (χ0v) is 7.57. The van der Waals surface area contributed by atoms with Crippen LogP contribution in [0.3, 0.4) is 0 Å². The second-order valence-electron chi connectivity index (χ2n) is 3.23. The molecule has 2 rings (SSSR count). The highest BCUT2D eigenvalue weighted by Crippen LogP contribution is 2.22. The first-order chi connectivity index (χ1) is 5.66. The fourth-order valence-electron chi connectivity index (χ4n) is 1.24. The van der Waals surface area contributed by atoms with Gasteiger partial charge >= 0.3 is 0 Å². The highest BCUT2D eigenvalue weighted by Gasteiger charge is 2.31. The van der Waals surface area contributed by atoms with Crippen molar-refractivity contribution in [1.29, 1.82) is 0 Å². The van der Waals surface area contributed by atoms with Crippen LogP contribution >= 0.6 is 0 Å².